The SMILES string of the molecule is OC(CC(O)C1Cc2c(ccc3sccc23)S1)c1cc2c(ccc3sccc32)s1. The third-order valence-electron chi connectivity index (χ3n) is 5.76. The molecule has 29 heavy (non-hydrogen) atoms. The minimum Gasteiger partial charge on any atom is -0.392 e. The van der Waals surface area contributed by atoms with Crippen LogP contribution in [-0.2, 0) is 6.42 Å². The van der Waals surface area contributed by atoms with E-state index in [4.69, 9.17) is 0 Å². The van der Waals surface area contributed by atoms with Crippen molar-refractivity contribution in [1.29, 1.82) is 0 Å². The molecule has 6 rings (SSSR count). The highest BCUT2D eigenvalue weighted by Crippen LogP contribution is 2.45. The highest BCUT2D eigenvalue weighted by Gasteiger charge is 2.31. The smallest absolute Gasteiger partial charge is 0.0907 e. The lowest BCUT2D eigenvalue weighted by atomic mass is 10.00. The van der Waals surface area contributed by atoms with Crippen LogP contribution in [0.5, 0.6) is 0 Å². The molecular formula is C23H18O2S4. The van der Waals surface area contributed by atoms with Crippen molar-refractivity contribution in [3.8, 4) is 0 Å². The molecule has 2 N–H and O–H groups in total. The van der Waals surface area contributed by atoms with Gasteiger partial charge in [-0.05, 0) is 70.6 Å². The van der Waals surface area contributed by atoms with Crippen molar-refractivity contribution < 1.29 is 10.2 Å². The first-order chi connectivity index (χ1) is 14.2. The number of fused-ring (bicyclic) bond motifs is 6. The summed E-state index contributed by atoms with van der Waals surface area (Å²) in [5.74, 6) is 0. The molecule has 0 radical (unpaired) electrons. The van der Waals surface area contributed by atoms with Crippen LogP contribution in [0, 0.1) is 0 Å². The van der Waals surface area contributed by atoms with Gasteiger partial charge in [0, 0.05) is 46.3 Å². The van der Waals surface area contributed by atoms with Gasteiger partial charge in [0.1, 0.15) is 0 Å². The van der Waals surface area contributed by atoms with Crippen molar-refractivity contribution in [2.45, 2.75) is 35.2 Å². The van der Waals surface area contributed by atoms with E-state index in [2.05, 4.69) is 53.2 Å². The van der Waals surface area contributed by atoms with Crippen LogP contribution in [0.15, 0.2) is 58.1 Å². The second-order valence-corrected chi connectivity index (χ2v) is 11.8. The van der Waals surface area contributed by atoms with Crippen LogP contribution in [0.2, 0.25) is 0 Å². The van der Waals surface area contributed by atoms with Crippen LogP contribution in [0.4, 0.5) is 0 Å². The number of benzene rings is 2. The summed E-state index contributed by atoms with van der Waals surface area (Å²) in [5, 5.41) is 29.9. The second kappa shape index (κ2) is 7.08. The Bertz CT molecular complexity index is 1350. The molecule has 0 saturated heterocycles. The highest BCUT2D eigenvalue weighted by molar-refractivity contribution is 8.00. The van der Waals surface area contributed by atoms with Gasteiger partial charge < -0.3 is 10.2 Å². The molecule has 0 spiro atoms. The van der Waals surface area contributed by atoms with E-state index in [0.717, 1.165) is 11.3 Å². The number of thiophene rings is 3. The number of thioether (sulfide) groups is 1. The van der Waals surface area contributed by atoms with Gasteiger partial charge in [0.2, 0.25) is 0 Å². The lowest BCUT2D eigenvalue weighted by molar-refractivity contribution is 0.0815. The standard InChI is InChI=1S/C23H18O2S4/c24-16(22-9-14-12-5-7-26-18(12)1-3-20(14)28-22)11-17(25)23-10-15-13-6-8-27-19(13)2-4-21(15)29-23/h1-9,16-17,23-25H,10-11H2. The summed E-state index contributed by atoms with van der Waals surface area (Å²) in [6, 6.07) is 15.1. The summed E-state index contributed by atoms with van der Waals surface area (Å²) in [7, 11) is 0. The van der Waals surface area contributed by atoms with Gasteiger partial charge in [0.25, 0.3) is 0 Å². The zero-order chi connectivity index (χ0) is 19.5. The average molecular weight is 455 g/mol. The van der Waals surface area contributed by atoms with Crippen molar-refractivity contribution in [2.75, 3.05) is 0 Å². The van der Waals surface area contributed by atoms with Crippen LogP contribution in [0.3, 0.4) is 0 Å². The van der Waals surface area contributed by atoms with Crippen LogP contribution in [0.1, 0.15) is 23.0 Å². The number of aliphatic hydroxyl groups excluding tert-OH is 2. The third-order valence-corrected chi connectivity index (χ3v) is 10.1. The van der Waals surface area contributed by atoms with E-state index in [1.807, 2.05) is 0 Å². The van der Waals surface area contributed by atoms with E-state index in [1.54, 1.807) is 45.8 Å². The molecule has 2 aromatic carbocycles. The van der Waals surface area contributed by atoms with Gasteiger partial charge in [-0.15, -0.1) is 45.8 Å². The van der Waals surface area contributed by atoms with Crippen molar-refractivity contribution in [1.82, 2.24) is 0 Å². The maximum absolute atomic E-state index is 10.9. The van der Waals surface area contributed by atoms with E-state index in [-0.39, 0.29) is 5.25 Å². The van der Waals surface area contributed by atoms with Gasteiger partial charge in [-0.2, -0.15) is 0 Å². The van der Waals surface area contributed by atoms with Crippen LogP contribution >= 0.6 is 45.8 Å². The Balaban J connectivity index is 1.23. The average Bonchev–Trinajstić information content (AvgIpc) is 3.50. The first-order valence-electron chi connectivity index (χ1n) is 9.59. The van der Waals surface area contributed by atoms with Crippen molar-refractivity contribution in [2.24, 2.45) is 0 Å². The normalized spacial score (nSPS) is 18.6. The van der Waals surface area contributed by atoms with Crippen molar-refractivity contribution in [3.05, 3.63) is 63.7 Å². The summed E-state index contributed by atoms with van der Waals surface area (Å²) in [4.78, 5) is 2.22. The Morgan fingerprint density at radius 1 is 0.862 bits per heavy atom. The number of rotatable bonds is 4. The molecule has 1 aliphatic rings. The Morgan fingerprint density at radius 3 is 2.45 bits per heavy atom. The van der Waals surface area contributed by atoms with E-state index < -0.39 is 12.2 Å². The van der Waals surface area contributed by atoms with Gasteiger partial charge in [-0.25, -0.2) is 0 Å². The molecule has 3 atom stereocenters. The molecule has 2 nitrogen and oxygen atoms in total. The first kappa shape index (κ1) is 18.4. The molecule has 0 fully saturated rings. The fraction of sp³-hybridized carbons (Fsp3) is 0.217. The Kier molecular flexibility index (Phi) is 4.48. The van der Waals surface area contributed by atoms with E-state index >= 15 is 0 Å². The van der Waals surface area contributed by atoms with E-state index in [9.17, 15) is 10.2 Å². The molecule has 0 aliphatic carbocycles. The van der Waals surface area contributed by atoms with Crippen molar-refractivity contribution in [3.63, 3.8) is 0 Å². The predicted octanol–water partition coefficient (Wildman–Crippen LogP) is 6.83. The van der Waals surface area contributed by atoms with Gasteiger partial charge in [0.05, 0.1) is 12.2 Å². The molecular weight excluding hydrogens is 437 g/mol. The predicted molar refractivity (Wildman–Crippen MR) is 128 cm³/mol. The Morgan fingerprint density at radius 2 is 1.59 bits per heavy atom. The van der Waals surface area contributed by atoms with Gasteiger partial charge in [-0.3, -0.25) is 0 Å². The molecule has 3 unspecified atom stereocenters. The van der Waals surface area contributed by atoms with Crippen molar-refractivity contribution >= 4 is 76.0 Å². The summed E-state index contributed by atoms with van der Waals surface area (Å²) >= 11 is 6.90. The third kappa shape index (κ3) is 3.05. The zero-order valence-corrected chi connectivity index (χ0v) is 18.6. The minimum absolute atomic E-state index is 0.100. The first-order valence-corrected chi connectivity index (χ1v) is 13.0. The molecule has 0 bridgehead atoms. The monoisotopic (exact) mass is 454 g/mol. The van der Waals surface area contributed by atoms with Gasteiger partial charge in [-0.1, -0.05) is 0 Å². The second-order valence-electron chi connectivity index (χ2n) is 7.51. The summed E-state index contributed by atoms with van der Waals surface area (Å²) in [5.41, 5.74) is 1.36. The zero-order valence-electron chi connectivity index (χ0n) is 15.4. The quantitative estimate of drug-likeness (QED) is 0.313. The van der Waals surface area contributed by atoms with E-state index in [0.29, 0.717) is 6.42 Å². The Labute approximate surface area is 184 Å². The molecule has 3 aromatic heterocycles. The van der Waals surface area contributed by atoms with Gasteiger partial charge in [0.15, 0.2) is 0 Å². The topological polar surface area (TPSA) is 40.5 Å². The molecule has 0 amide bonds. The maximum Gasteiger partial charge on any atom is 0.0907 e. The summed E-state index contributed by atoms with van der Waals surface area (Å²) in [6.45, 7) is 0. The van der Waals surface area contributed by atoms with Crippen LogP contribution < -0.4 is 0 Å². The lowest BCUT2D eigenvalue weighted by Gasteiger charge is -2.19. The molecule has 1 aliphatic heterocycles. The van der Waals surface area contributed by atoms with Crippen LogP contribution in [-0.4, -0.2) is 21.6 Å². The van der Waals surface area contributed by atoms with E-state index in [1.165, 1.54) is 40.7 Å². The summed E-state index contributed by atoms with van der Waals surface area (Å²) in [6.07, 6.45) is 0.0612. The largest absolute Gasteiger partial charge is 0.392 e. The fourth-order valence-electron chi connectivity index (χ4n) is 4.27. The van der Waals surface area contributed by atoms with Gasteiger partial charge >= 0.3 is 0 Å². The maximum atomic E-state index is 10.9. The minimum atomic E-state index is -0.637. The van der Waals surface area contributed by atoms with Crippen LogP contribution in [0.25, 0.3) is 30.3 Å². The lowest BCUT2D eigenvalue weighted by Crippen LogP contribution is -2.24. The number of hydrogen-bond acceptors (Lipinski definition) is 6. The molecule has 6 heteroatoms. The molecule has 0 saturated carbocycles. The number of aliphatic hydroxyl groups is 2. The molecule has 146 valence electrons. The molecule has 5 aromatic rings. The highest BCUT2D eigenvalue weighted by atomic mass is 32.2. The fourth-order valence-corrected chi connectivity index (χ4v) is 8.29. The number of hydrogen-bond donors (Lipinski definition) is 2. The summed E-state index contributed by atoms with van der Waals surface area (Å²) < 4.78 is 3.78. The molecule has 4 heterocycles. The Hall–Kier alpha value is -1.41.